The Balaban J connectivity index is 3.82. The minimum atomic E-state index is -4.63. The molecule has 10 heteroatoms. The molecule has 0 radical (unpaired) electrons. The molecule has 1 unspecified atom stereocenters. The molecule has 0 heterocycles. The Labute approximate surface area is 182 Å². The highest BCUT2D eigenvalue weighted by Crippen LogP contribution is 2.16. The molecule has 0 rings (SSSR count). The highest BCUT2D eigenvalue weighted by molar-refractivity contribution is 7.87. The fourth-order valence-electron chi connectivity index (χ4n) is 3.25. The molecule has 2 N–H and O–H groups in total. The molecule has 0 aliphatic rings. The van der Waals surface area contributed by atoms with Crippen molar-refractivity contribution >= 4 is 26.2 Å². The fraction of sp³-hybridized carbons (Fsp3) is 0.950. The molecule has 30 heavy (non-hydrogen) atoms. The number of esters is 1. The summed E-state index contributed by atoms with van der Waals surface area (Å²) in [6, 6.07) is 0. The van der Waals surface area contributed by atoms with Crippen molar-refractivity contribution < 1.29 is 35.5 Å². The van der Waals surface area contributed by atoms with Gasteiger partial charge in [-0.15, -0.1) is 0 Å². The van der Waals surface area contributed by atoms with Gasteiger partial charge in [0.05, 0.1) is 0 Å². The van der Waals surface area contributed by atoms with E-state index in [1.54, 1.807) is 0 Å². The lowest BCUT2D eigenvalue weighted by molar-refractivity contribution is -0.142. The summed E-state index contributed by atoms with van der Waals surface area (Å²) in [6.07, 6.45) is 15.8. The van der Waals surface area contributed by atoms with Gasteiger partial charge in [-0.3, -0.25) is 13.9 Å². The summed E-state index contributed by atoms with van der Waals surface area (Å²) in [4.78, 5) is 11.8. The van der Waals surface area contributed by atoms with Gasteiger partial charge in [0, 0.05) is 0 Å². The normalized spacial score (nSPS) is 13.3. The van der Waals surface area contributed by atoms with Gasteiger partial charge in [-0.1, -0.05) is 96.8 Å². The molecule has 0 spiro atoms. The van der Waals surface area contributed by atoms with Crippen LogP contribution in [0.4, 0.5) is 0 Å². The third-order valence-electron chi connectivity index (χ3n) is 5.03. The molecule has 0 fully saturated rings. The first kappa shape index (κ1) is 29.3. The molecule has 0 aromatic heterocycles. The maximum Gasteiger partial charge on any atom is 0.326 e. The highest BCUT2D eigenvalue weighted by Gasteiger charge is 2.32. The second-order valence-electron chi connectivity index (χ2n) is 7.84. The molecule has 0 aliphatic heterocycles. The van der Waals surface area contributed by atoms with E-state index in [4.69, 9.17) is 4.55 Å². The van der Waals surface area contributed by atoms with E-state index in [9.17, 15) is 26.2 Å². The summed E-state index contributed by atoms with van der Waals surface area (Å²) in [7, 11) is -8.95. The predicted octanol–water partition coefficient (Wildman–Crippen LogP) is 4.55. The third-order valence-corrected chi connectivity index (χ3v) is 6.86. The van der Waals surface area contributed by atoms with Crippen molar-refractivity contribution in [1.29, 1.82) is 0 Å². The Hall–Kier alpha value is -0.710. The van der Waals surface area contributed by atoms with E-state index in [0.717, 1.165) is 25.7 Å². The first-order chi connectivity index (χ1) is 14.1. The van der Waals surface area contributed by atoms with Crippen molar-refractivity contribution in [3.8, 4) is 0 Å². The Bertz CT molecular complexity index is 644. The first-order valence-electron chi connectivity index (χ1n) is 11.2. The number of carbonyl (C=O) groups excluding carboxylic acids is 1. The molecular formula is C20H40O8S2. The van der Waals surface area contributed by atoms with E-state index in [-0.39, 0.29) is 6.42 Å². The smallest absolute Gasteiger partial charge is 0.326 e. The van der Waals surface area contributed by atoms with Crippen LogP contribution in [0.1, 0.15) is 103 Å². The van der Waals surface area contributed by atoms with Gasteiger partial charge in [0.1, 0.15) is 12.4 Å². The van der Waals surface area contributed by atoms with E-state index in [2.05, 4.69) is 11.7 Å². The van der Waals surface area contributed by atoms with Crippen LogP contribution in [-0.4, -0.2) is 49.5 Å². The van der Waals surface area contributed by atoms with Crippen LogP contribution in [0.25, 0.3) is 0 Å². The first-order valence-corrected chi connectivity index (χ1v) is 14.3. The molecule has 0 bridgehead atoms. The van der Waals surface area contributed by atoms with Gasteiger partial charge >= 0.3 is 5.97 Å². The van der Waals surface area contributed by atoms with Crippen LogP contribution in [0.15, 0.2) is 0 Å². The molecule has 180 valence electrons. The lowest BCUT2D eigenvalue weighted by atomic mass is 10.0. The number of rotatable bonds is 20. The van der Waals surface area contributed by atoms with Crippen LogP contribution in [0.5, 0.6) is 0 Å². The van der Waals surface area contributed by atoms with Crippen LogP contribution in [0.2, 0.25) is 0 Å². The summed E-state index contributed by atoms with van der Waals surface area (Å²) < 4.78 is 66.3. The molecule has 0 saturated heterocycles. The van der Waals surface area contributed by atoms with Gasteiger partial charge in [-0.2, -0.15) is 16.8 Å². The summed E-state index contributed by atoms with van der Waals surface area (Å²) in [6.45, 7) is 1.56. The molecule has 8 nitrogen and oxygen atoms in total. The zero-order chi connectivity index (χ0) is 22.9. The number of hydrogen-bond donors (Lipinski definition) is 2. The largest absolute Gasteiger partial charge is 0.463 e. The minimum absolute atomic E-state index is 0.0818. The Morgan fingerprint density at radius 2 is 1.13 bits per heavy atom. The van der Waals surface area contributed by atoms with Crippen molar-refractivity contribution in [1.82, 2.24) is 0 Å². The Morgan fingerprint density at radius 3 is 1.50 bits per heavy atom. The summed E-state index contributed by atoms with van der Waals surface area (Å²) in [5.41, 5.74) is 0. The van der Waals surface area contributed by atoms with Crippen LogP contribution < -0.4 is 0 Å². The van der Waals surface area contributed by atoms with E-state index < -0.39 is 43.8 Å². The van der Waals surface area contributed by atoms with E-state index in [0.29, 0.717) is 6.42 Å². The summed E-state index contributed by atoms with van der Waals surface area (Å²) >= 11 is 0. The third kappa shape index (κ3) is 18.1. The second-order valence-corrected chi connectivity index (χ2v) is 11.0. The van der Waals surface area contributed by atoms with E-state index in [1.165, 1.54) is 57.8 Å². The zero-order valence-electron chi connectivity index (χ0n) is 18.3. The number of ether oxygens (including phenoxy) is 1. The topological polar surface area (TPSA) is 135 Å². The van der Waals surface area contributed by atoms with Crippen LogP contribution in [-0.2, 0) is 29.8 Å². The van der Waals surface area contributed by atoms with Crippen LogP contribution in [0, 0.1) is 0 Å². The van der Waals surface area contributed by atoms with E-state index >= 15 is 0 Å². The summed E-state index contributed by atoms with van der Waals surface area (Å²) in [5.74, 6) is -2.02. The molecule has 1 atom stereocenters. The maximum atomic E-state index is 11.8. The number of unbranched alkanes of at least 4 members (excludes halogenated alkanes) is 13. The lowest BCUT2D eigenvalue weighted by Gasteiger charge is -2.13. The van der Waals surface area contributed by atoms with Gasteiger partial charge in [-0.05, 0) is 6.42 Å². The molecule has 0 aromatic carbocycles. The van der Waals surface area contributed by atoms with Gasteiger partial charge in [0.25, 0.3) is 20.2 Å². The highest BCUT2D eigenvalue weighted by atomic mass is 32.2. The second kappa shape index (κ2) is 16.9. The molecule has 0 saturated carbocycles. The molecule has 0 aliphatic carbocycles. The van der Waals surface area contributed by atoms with Crippen molar-refractivity contribution in [3.05, 3.63) is 0 Å². The van der Waals surface area contributed by atoms with Crippen molar-refractivity contribution in [3.63, 3.8) is 0 Å². The lowest BCUT2D eigenvalue weighted by Crippen LogP contribution is -2.32. The predicted molar refractivity (Wildman–Crippen MR) is 118 cm³/mol. The van der Waals surface area contributed by atoms with Crippen LogP contribution in [0.3, 0.4) is 0 Å². The molecular weight excluding hydrogens is 432 g/mol. The van der Waals surface area contributed by atoms with Gasteiger partial charge < -0.3 is 4.74 Å². The number of hydrogen-bond acceptors (Lipinski definition) is 6. The maximum absolute atomic E-state index is 11.8. The summed E-state index contributed by atoms with van der Waals surface area (Å²) in [5, 5.41) is -1.73. The Kier molecular flexibility index (Phi) is 16.5. The minimum Gasteiger partial charge on any atom is -0.463 e. The quantitative estimate of drug-likeness (QED) is 0.150. The van der Waals surface area contributed by atoms with Crippen molar-refractivity contribution in [2.75, 3.05) is 12.4 Å². The standard InChI is InChI=1S/C20H40O8S2/c1-2-3-4-5-6-7-8-9-10-11-12-13-14-15-16-19(30(25,26)27)20(21)28-17-18-29(22,23)24/h19H,2-18H2,1H3,(H,22,23,24)(H,25,26,27). The Morgan fingerprint density at radius 1 is 0.733 bits per heavy atom. The van der Waals surface area contributed by atoms with Gasteiger partial charge in [-0.25, -0.2) is 0 Å². The monoisotopic (exact) mass is 472 g/mol. The molecule has 0 amide bonds. The van der Waals surface area contributed by atoms with Crippen molar-refractivity contribution in [2.24, 2.45) is 0 Å². The fourth-order valence-corrected chi connectivity index (χ4v) is 4.32. The van der Waals surface area contributed by atoms with E-state index in [1.807, 2.05) is 0 Å². The average molecular weight is 473 g/mol. The zero-order valence-corrected chi connectivity index (χ0v) is 19.9. The van der Waals surface area contributed by atoms with Gasteiger partial charge in [0.15, 0.2) is 5.25 Å². The average Bonchev–Trinajstić information content (AvgIpc) is 2.62. The van der Waals surface area contributed by atoms with Crippen LogP contribution >= 0.6 is 0 Å². The SMILES string of the molecule is CCCCCCCCCCCCCCCCC(C(=O)OCCS(=O)(=O)O)S(=O)(=O)O. The van der Waals surface area contributed by atoms with Crippen molar-refractivity contribution in [2.45, 2.75) is 108 Å². The van der Waals surface area contributed by atoms with Gasteiger partial charge in [0.2, 0.25) is 0 Å². The number of carbonyl (C=O) groups is 1. The molecule has 0 aromatic rings.